The van der Waals surface area contributed by atoms with E-state index >= 15 is 0 Å². The summed E-state index contributed by atoms with van der Waals surface area (Å²) in [5.41, 5.74) is 1.48. The van der Waals surface area contributed by atoms with Gasteiger partial charge in [0.05, 0.1) is 12.9 Å². The molecule has 0 bridgehead atoms. The molecule has 0 aliphatic carbocycles. The Morgan fingerprint density at radius 3 is 2.52 bits per heavy atom. The predicted octanol–water partition coefficient (Wildman–Crippen LogP) is 0.533. The number of hydrogen-bond acceptors (Lipinski definition) is 6. The van der Waals surface area contributed by atoms with Gasteiger partial charge in [0.2, 0.25) is 5.91 Å². The molecule has 138 valence electrons. The van der Waals surface area contributed by atoms with Gasteiger partial charge in [-0.05, 0) is 30.5 Å². The summed E-state index contributed by atoms with van der Waals surface area (Å²) in [6.07, 6.45) is 2.62. The van der Waals surface area contributed by atoms with E-state index in [1.807, 2.05) is 0 Å². The Bertz CT molecular complexity index is 694. The number of benzene rings is 1. The minimum atomic E-state index is -3.55. The molecule has 2 rings (SSSR count). The van der Waals surface area contributed by atoms with Gasteiger partial charge in [-0.2, -0.15) is 0 Å². The van der Waals surface area contributed by atoms with Crippen molar-refractivity contribution in [3.63, 3.8) is 0 Å². The molecular formula is C17H24N2O5S. The number of amides is 1. The van der Waals surface area contributed by atoms with Crippen molar-refractivity contribution in [1.82, 2.24) is 10.6 Å². The van der Waals surface area contributed by atoms with Crippen molar-refractivity contribution in [3.8, 4) is 0 Å². The SMILES string of the molecule is COC(=O)CS(=O)(=O)Cc1ccc(CNC(=O)CC2CCCN2)cc1. The molecule has 1 atom stereocenters. The van der Waals surface area contributed by atoms with Gasteiger partial charge in [-0.1, -0.05) is 24.3 Å². The molecule has 1 unspecified atom stereocenters. The Morgan fingerprint density at radius 1 is 1.24 bits per heavy atom. The lowest BCUT2D eigenvalue weighted by Gasteiger charge is -2.11. The molecule has 0 aromatic heterocycles. The largest absolute Gasteiger partial charge is 0.468 e. The Balaban J connectivity index is 1.81. The third-order valence-electron chi connectivity index (χ3n) is 4.06. The Kier molecular flexibility index (Phi) is 6.95. The Hall–Kier alpha value is -1.93. The molecule has 1 amide bonds. The van der Waals surface area contributed by atoms with Crippen molar-refractivity contribution in [2.75, 3.05) is 19.4 Å². The number of carbonyl (C=O) groups is 2. The molecule has 0 radical (unpaired) electrons. The van der Waals surface area contributed by atoms with Crippen LogP contribution in [-0.4, -0.2) is 45.7 Å². The lowest BCUT2D eigenvalue weighted by Crippen LogP contribution is -2.31. The Labute approximate surface area is 148 Å². The molecular weight excluding hydrogens is 344 g/mol. The second-order valence-corrected chi connectivity index (χ2v) is 8.26. The maximum atomic E-state index is 11.9. The highest BCUT2D eigenvalue weighted by atomic mass is 32.2. The molecule has 1 aliphatic heterocycles. The third-order valence-corrected chi connectivity index (χ3v) is 5.51. The smallest absolute Gasteiger partial charge is 0.320 e. The van der Waals surface area contributed by atoms with E-state index in [-0.39, 0.29) is 17.7 Å². The predicted molar refractivity (Wildman–Crippen MR) is 93.4 cm³/mol. The summed E-state index contributed by atoms with van der Waals surface area (Å²) in [7, 11) is -2.39. The fourth-order valence-electron chi connectivity index (χ4n) is 2.72. The average Bonchev–Trinajstić information content (AvgIpc) is 3.06. The summed E-state index contributed by atoms with van der Waals surface area (Å²) in [6, 6.07) is 7.19. The van der Waals surface area contributed by atoms with Crippen molar-refractivity contribution < 1.29 is 22.7 Å². The first-order valence-corrected chi connectivity index (χ1v) is 10.1. The minimum Gasteiger partial charge on any atom is -0.468 e. The highest BCUT2D eigenvalue weighted by molar-refractivity contribution is 7.91. The molecule has 1 saturated heterocycles. The van der Waals surface area contributed by atoms with Crippen molar-refractivity contribution >= 4 is 21.7 Å². The standard InChI is InChI=1S/C17H24N2O5S/c1-24-17(21)12-25(22,23)11-14-6-4-13(5-7-14)10-19-16(20)9-15-3-2-8-18-15/h4-7,15,18H,2-3,8-12H2,1H3,(H,19,20). The zero-order valence-corrected chi connectivity index (χ0v) is 15.1. The third kappa shape index (κ3) is 6.83. The van der Waals surface area contributed by atoms with E-state index in [1.165, 1.54) is 0 Å². The number of ether oxygens (including phenoxy) is 1. The highest BCUT2D eigenvalue weighted by Gasteiger charge is 2.18. The van der Waals surface area contributed by atoms with Gasteiger partial charge in [-0.25, -0.2) is 8.42 Å². The van der Waals surface area contributed by atoms with Crippen LogP contribution in [0, 0.1) is 0 Å². The van der Waals surface area contributed by atoms with Gasteiger partial charge >= 0.3 is 5.97 Å². The van der Waals surface area contributed by atoms with E-state index in [0.717, 1.165) is 32.1 Å². The Morgan fingerprint density at radius 2 is 1.92 bits per heavy atom. The van der Waals surface area contributed by atoms with Crippen molar-refractivity contribution in [3.05, 3.63) is 35.4 Å². The summed E-state index contributed by atoms with van der Waals surface area (Å²) in [6.45, 7) is 1.37. The lowest BCUT2D eigenvalue weighted by molar-refractivity contribution is -0.137. The quantitative estimate of drug-likeness (QED) is 0.649. The second kappa shape index (κ2) is 8.96. The summed E-state index contributed by atoms with van der Waals surface area (Å²) in [4.78, 5) is 23.0. The molecule has 7 nitrogen and oxygen atoms in total. The van der Waals surface area contributed by atoms with Crippen LogP contribution in [0.2, 0.25) is 0 Å². The van der Waals surface area contributed by atoms with Gasteiger partial charge in [0.1, 0.15) is 5.75 Å². The van der Waals surface area contributed by atoms with E-state index in [9.17, 15) is 18.0 Å². The van der Waals surface area contributed by atoms with Crippen LogP contribution in [0.1, 0.15) is 30.4 Å². The second-order valence-electron chi connectivity index (χ2n) is 6.20. The number of nitrogens with one attached hydrogen (secondary N) is 2. The first-order chi connectivity index (χ1) is 11.9. The molecule has 2 N–H and O–H groups in total. The first kappa shape index (κ1) is 19.4. The van der Waals surface area contributed by atoms with Crippen LogP contribution in [0.15, 0.2) is 24.3 Å². The van der Waals surface area contributed by atoms with Gasteiger partial charge in [0.15, 0.2) is 9.84 Å². The number of carbonyl (C=O) groups excluding carboxylic acids is 2. The fourth-order valence-corrected chi connectivity index (χ4v) is 4.00. The maximum Gasteiger partial charge on any atom is 0.320 e. The maximum absolute atomic E-state index is 11.9. The van der Waals surface area contributed by atoms with E-state index in [2.05, 4.69) is 15.4 Å². The molecule has 25 heavy (non-hydrogen) atoms. The van der Waals surface area contributed by atoms with Gasteiger partial charge in [0.25, 0.3) is 0 Å². The molecule has 0 saturated carbocycles. The van der Waals surface area contributed by atoms with E-state index in [0.29, 0.717) is 18.5 Å². The van der Waals surface area contributed by atoms with Crippen LogP contribution in [0.3, 0.4) is 0 Å². The molecule has 1 fully saturated rings. The number of hydrogen-bond donors (Lipinski definition) is 2. The van der Waals surface area contributed by atoms with Crippen LogP contribution >= 0.6 is 0 Å². The van der Waals surface area contributed by atoms with E-state index in [1.54, 1.807) is 24.3 Å². The molecule has 1 aromatic carbocycles. The van der Waals surface area contributed by atoms with Crippen molar-refractivity contribution in [2.24, 2.45) is 0 Å². The van der Waals surface area contributed by atoms with Crippen LogP contribution in [0.4, 0.5) is 0 Å². The fraction of sp³-hybridized carbons (Fsp3) is 0.529. The molecule has 0 spiro atoms. The lowest BCUT2D eigenvalue weighted by atomic mass is 10.1. The minimum absolute atomic E-state index is 0.00383. The van der Waals surface area contributed by atoms with Gasteiger partial charge in [-0.3, -0.25) is 9.59 Å². The van der Waals surface area contributed by atoms with Crippen LogP contribution in [-0.2, 0) is 36.5 Å². The first-order valence-electron chi connectivity index (χ1n) is 8.23. The number of methoxy groups -OCH3 is 1. The average molecular weight is 368 g/mol. The van der Waals surface area contributed by atoms with Crippen molar-refractivity contribution in [1.29, 1.82) is 0 Å². The summed E-state index contributed by atoms with van der Waals surface area (Å²) in [5.74, 6) is -1.61. The number of sulfone groups is 1. The summed E-state index contributed by atoms with van der Waals surface area (Å²) >= 11 is 0. The van der Waals surface area contributed by atoms with Gasteiger partial charge < -0.3 is 15.4 Å². The van der Waals surface area contributed by atoms with Crippen LogP contribution < -0.4 is 10.6 Å². The van der Waals surface area contributed by atoms with Gasteiger partial charge in [-0.15, -0.1) is 0 Å². The highest BCUT2D eigenvalue weighted by Crippen LogP contribution is 2.11. The summed E-state index contributed by atoms with van der Waals surface area (Å²) in [5, 5.41) is 6.15. The van der Waals surface area contributed by atoms with Crippen molar-refractivity contribution in [2.45, 2.75) is 37.6 Å². The normalized spacial score (nSPS) is 17.2. The van der Waals surface area contributed by atoms with E-state index < -0.39 is 21.6 Å². The molecule has 8 heteroatoms. The van der Waals surface area contributed by atoms with Crippen LogP contribution in [0.25, 0.3) is 0 Å². The molecule has 1 aliphatic rings. The summed E-state index contributed by atoms with van der Waals surface area (Å²) < 4.78 is 28.1. The number of rotatable bonds is 8. The van der Waals surface area contributed by atoms with Crippen LogP contribution in [0.5, 0.6) is 0 Å². The topological polar surface area (TPSA) is 102 Å². The number of esters is 1. The monoisotopic (exact) mass is 368 g/mol. The molecule has 1 heterocycles. The van der Waals surface area contributed by atoms with Gasteiger partial charge in [0, 0.05) is 19.0 Å². The zero-order chi connectivity index (χ0) is 18.3. The van der Waals surface area contributed by atoms with E-state index in [4.69, 9.17) is 0 Å². The molecule has 1 aromatic rings. The zero-order valence-electron chi connectivity index (χ0n) is 14.3.